The molecule has 0 aliphatic heterocycles. The third-order valence-corrected chi connectivity index (χ3v) is 2.47. The maximum atomic E-state index is 12.2. The number of rotatable bonds is 1. The molecule has 0 aromatic carbocycles. The molecule has 0 fully saturated rings. The number of nitrogen functional groups attached to an aromatic ring is 1. The van der Waals surface area contributed by atoms with Crippen LogP contribution in [0.15, 0.2) is 6.20 Å². The Labute approximate surface area is 82.3 Å². The van der Waals surface area contributed by atoms with Gasteiger partial charge in [-0.25, -0.2) is 13.8 Å². The van der Waals surface area contributed by atoms with Crippen LogP contribution in [0.25, 0.3) is 0 Å². The van der Waals surface area contributed by atoms with Crippen molar-refractivity contribution < 1.29 is 8.78 Å². The average Bonchev–Trinajstić information content (AvgIpc) is 2.00. The highest BCUT2D eigenvalue weighted by atomic mass is 127. The summed E-state index contributed by atoms with van der Waals surface area (Å²) in [6.07, 6.45) is -1.34. The lowest BCUT2D eigenvalue weighted by molar-refractivity contribution is 0.150. The van der Waals surface area contributed by atoms with E-state index in [2.05, 4.69) is 4.98 Å². The van der Waals surface area contributed by atoms with Gasteiger partial charge in [0.05, 0.1) is 5.69 Å². The summed E-state index contributed by atoms with van der Waals surface area (Å²) in [5, 5.41) is 0. The molecule has 1 aromatic rings. The Hall–Kier alpha value is -0.460. The molecule has 0 saturated heterocycles. The van der Waals surface area contributed by atoms with Gasteiger partial charge in [-0.3, -0.25) is 0 Å². The molecule has 2 N–H and O–H groups in total. The minimum absolute atomic E-state index is 0.0899. The van der Waals surface area contributed by atoms with E-state index in [-0.39, 0.29) is 5.56 Å². The first-order chi connectivity index (χ1) is 5.54. The van der Waals surface area contributed by atoms with Gasteiger partial charge >= 0.3 is 0 Å². The quantitative estimate of drug-likeness (QED) is 0.635. The summed E-state index contributed by atoms with van der Waals surface area (Å²) in [6, 6.07) is 0. The zero-order valence-corrected chi connectivity index (χ0v) is 8.47. The molecule has 0 aliphatic carbocycles. The first kappa shape index (κ1) is 9.63. The van der Waals surface area contributed by atoms with E-state index in [0.29, 0.717) is 15.0 Å². The molecule has 0 atom stereocenters. The predicted molar refractivity (Wildman–Crippen MR) is 51.1 cm³/mol. The normalized spacial score (nSPS) is 10.8. The number of halogens is 3. The van der Waals surface area contributed by atoms with Gasteiger partial charge in [-0.1, -0.05) is 0 Å². The number of nitrogens with zero attached hydrogens (tertiary/aromatic N) is 1. The summed E-state index contributed by atoms with van der Waals surface area (Å²) in [5.41, 5.74) is 6.19. The zero-order chi connectivity index (χ0) is 9.30. The van der Waals surface area contributed by atoms with E-state index >= 15 is 0 Å². The molecule has 0 aliphatic rings. The maximum absolute atomic E-state index is 12.2. The van der Waals surface area contributed by atoms with E-state index in [0.717, 1.165) is 6.20 Å². The Morgan fingerprint density at radius 2 is 2.17 bits per heavy atom. The first-order valence-corrected chi connectivity index (χ1v) is 4.30. The van der Waals surface area contributed by atoms with E-state index < -0.39 is 6.43 Å². The molecule has 0 spiro atoms. The van der Waals surface area contributed by atoms with E-state index in [1.54, 1.807) is 6.92 Å². The van der Waals surface area contributed by atoms with Gasteiger partial charge < -0.3 is 5.73 Å². The van der Waals surface area contributed by atoms with Gasteiger partial charge in [-0.05, 0) is 35.1 Å². The van der Waals surface area contributed by atoms with Crippen molar-refractivity contribution in [2.45, 2.75) is 13.3 Å². The van der Waals surface area contributed by atoms with Gasteiger partial charge in [-0.15, -0.1) is 0 Å². The minimum Gasteiger partial charge on any atom is -0.396 e. The Kier molecular flexibility index (Phi) is 2.81. The average molecular weight is 284 g/mol. The Bertz CT molecular complexity index is 302. The van der Waals surface area contributed by atoms with Crippen molar-refractivity contribution in [1.82, 2.24) is 4.98 Å². The van der Waals surface area contributed by atoms with Crippen LogP contribution in [0.4, 0.5) is 14.5 Å². The Balaban J connectivity index is 3.27. The molecule has 5 heteroatoms. The van der Waals surface area contributed by atoms with E-state index in [1.807, 2.05) is 22.6 Å². The molecular formula is C7H7F2IN2. The highest BCUT2D eigenvalue weighted by Crippen LogP contribution is 2.27. The molecule has 0 unspecified atom stereocenters. The molecule has 0 bridgehead atoms. The van der Waals surface area contributed by atoms with Crippen LogP contribution < -0.4 is 5.73 Å². The second-order valence-electron chi connectivity index (χ2n) is 2.34. The van der Waals surface area contributed by atoms with Crippen LogP contribution in [-0.2, 0) is 0 Å². The zero-order valence-electron chi connectivity index (χ0n) is 6.31. The van der Waals surface area contributed by atoms with Crippen molar-refractivity contribution in [1.29, 1.82) is 0 Å². The number of nitrogens with two attached hydrogens (primary N) is 1. The smallest absolute Gasteiger partial charge is 0.265 e. The van der Waals surface area contributed by atoms with Gasteiger partial charge in [0, 0.05) is 11.8 Å². The Morgan fingerprint density at radius 1 is 1.58 bits per heavy atom. The van der Waals surface area contributed by atoms with Crippen LogP contribution >= 0.6 is 22.6 Å². The largest absolute Gasteiger partial charge is 0.396 e. The molecule has 0 saturated carbocycles. The predicted octanol–water partition coefficient (Wildman–Crippen LogP) is 2.51. The second kappa shape index (κ2) is 3.51. The number of hydrogen-bond donors (Lipinski definition) is 1. The summed E-state index contributed by atoms with van der Waals surface area (Å²) in [5.74, 6) is 0. The number of pyridine rings is 1. The van der Waals surface area contributed by atoms with Gasteiger partial charge in [0.2, 0.25) is 0 Å². The molecule has 0 radical (unpaired) electrons. The van der Waals surface area contributed by atoms with Crippen molar-refractivity contribution >= 4 is 28.3 Å². The molecule has 2 nitrogen and oxygen atoms in total. The van der Waals surface area contributed by atoms with Gasteiger partial charge in [0.15, 0.2) is 0 Å². The third-order valence-electron chi connectivity index (χ3n) is 1.61. The highest BCUT2D eigenvalue weighted by molar-refractivity contribution is 14.1. The van der Waals surface area contributed by atoms with Crippen LogP contribution in [0.2, 0.25) is 0 Å². The summed E-state index contributed by atoms with van der Waals surface area (Å²) in [4.78, 5) is 3.74. The van der Waals surface area contributed by atoms with Gasteiger partial charge in [-0.2, -0.15) is 0 Å². The SMILES string of the molecule is Cc1c(C(F)F)cnc(I)c1N. The van der Waals surface area contributed by atoms with Crippen LogP contribution in [0.3, 0.4) is 0 Å². The molecule has 66 valence electrons. The van der Waals surface area contributed by atoms with Crippen LogP contribution in [0.5, 0.6) is 0 Å². The number of aromatic nitrogens is 1. The van der Waals surface area contributed by atoms with Crippen molar-refractivity contribution in [3.63, 3.8) is 0 Å². The topological polar surface area (TPSA) is 38.9 Å². The second-order valence-corrected chi connectivity index (χ2v) is 3.37. The number of alkyl halides is 2. The van der Waals surface area contributed by atoms with Crippen LogP contribution in [0, 0.1) is 10.6 Å². The fourth-order valence-corrected chi connectivity index (χ4v) is 1.37. The first-order valence-electron chi connectivity index (χ1n) is 3.22. The lowest BCUT2D eigenvalue weighted by Gasteiger charge is -2.07. The maximum Gasteiger partial charge on any atom is 0.265 e. The minimum atomic E-state index is -2.50. The molecule has 0 amide bonds. The lowest BCUT2D eigenvalue weighted by Crippen LogP contribution is -2.01. The lowest BCUT2D eigenvalue weighted by atomic mass is 10.1. The van der Waals surface area contributed by atoms with E-state index in [1.165, 1.54) is 0 Å². The van der Waals surface area contributed by atoms with Crippen molar-refractivity contribution in [3.05, 3.63) is 21.0 Å². The summed E-state index contributed by atoms with van der Waals surface area (Å²) in [7, 11) is 0. The Morgan fingerprint density at radius 3 is 2.67 bits per heavy atom. The van der Waals surface area contributed by atoms with Crippen molar-refractivity contribution in [2.24, 2.45) is 0 Å². The number of hydrogen-bond acceptors (Lipinski definition) is 2. The third kappa shape index (κ3) is 1.65. The van der Waals surface area contributed by atoms with Crippen LogP contribution in [0.1, 0.15) is 17.6 Å². The van der Waals surface area contributed by atoms with Gasteiger partial charge in [0.1, 0.15) is 3.70 Å². The van der Waals surface area contributed by atoms with E-state index in [9.17, 15) is 8.78 Å². The summed E-state index contributed by atoms with van der Waals surface area (Å²) >= 11 is 1.91. The van der Waals surface area contributed by atoms with Gasteiger partial charge in [0.25, 0.3) is 6.43 Å². The molecule has 1 aromatic heterocycles. The highest BCUT2D eigenvalue weighted by Gasteiger charge is 2.14. The fraction of sp³-hybridized carbons (Fsp3) is 0.286. The molecule has 12 heavy (non-hydrogen) atoms. The van der Waals surface area contributed by atoms with E-state index in [4.69, 9.17) is 5.73 Å². The summed E-state index contributed by atoms with van der Waals surface area (Å²) in [6.45, 7) is 1.57. The monoisotopic (exact) mass is 284 g/mol. The standard InChI is InChI=1S/C7H7F2IN2/c1-3-4(6(8)9)2-12-7(10)5(3)11/h2,6H,11H2,1H3. The molecule has 1 rings (SSSR count). The molecular weight excluding hydrogens is 277 g/mol. The fourth-order valence-electron chi connectivity index (χ4n) is 0.823. The number of anilines is 1. The van der Waals surface area contributed by atoms with Crippen LogP contribution in [-0.4, -0.2) is 4.98 Å². The molecule has 1 heterocycles. The summed E-state index contributed by atoms with van der Waals surface area (Å²) < 4.78 is 25.0. The van der Waals surface area contributed by atoms with Crippen molar-refractivity contribution in [2.75, 3.05) is 5.73 Å². The van der Waals surface area contributed by atoms with Crippen molar-refractivity contribution in [3.8, 4) is 0 Å².